The Balaban J connectivity index is 1.81. The molecule has 1 N–H and O–H groups in total. The molecule has 5 heteroatoms. The summed E-state index contributed by atoms with van der Waals surface area (Å²) < 4.78 is 11.0. The van der Waals surface area contributed by atoms with Crippen LogP contribution in [0.15, 0.2) is 28.7 Å². The largest absolute Gasteiger partial charge is 0.484 e. The van der Waals surface area contributed by atoms with Gasteiger partial charge in [0.1, 0.15) is 5.75 Å². The fourth-order valence-electron chi connectivity index (χ4n) is 1.75. The third kappa shape index (κ3) is 4.35. The number of aromatic nitrogens is 2. The van der Waals surface area contributed by atoms with Crippen LogP contribution in [0.2, 0.25) is 0 Å². The van der Waals surface area contributed by atoms with E-state index in [4.69, 9.17) is 9.15 Å². The van der Waals surface area contributed by atoms with Crippen molar-refractivity contribution in [2.75, 3.05) is 6.54 Å². The van der Waals surface area contributed by atoms with Gasteiger partial charge in [-0.1, -0.05) is 26.0 Å². The van der Waals surface area contributed by atoms with Gasteiger partial charge in [0, 0.05) is 13.0 Å². The number of benzene rings is 1. The van der Waals surface area contributed by atoms with Crippen molar-refractivity contribution in [2.24, 2.45) is 0 Å². The fraction of sp³-hybridized carbons (Fsp3) is 0.467. The van der Waals surface area contributed by atoms with Crippen molar-refractivity contribution < 1.29 is 9.15 Å². The Labute approximate surface area is 119 Å². The second kappa shape index (κ2) is 7.65. The number of ether oxygens (including phenoxy) is 1. The second-order valence-electron chi connectivity index (χ2n) is 4.55. The van der Waals surface area contributed by atoms with E-state index in [1.807, 2.05) is 19.1 Å². The third-order valence-electron chi connectivity index (χ3n) is 2.85. The van der Waals surface area contributed by atoms with Crippen LogP contribution in [-0.2, 0) is 19.6 Å². The topological polar surface area (TPSA) is 60.2 Å². The summed E-state index contributed by atoms with van der Waals surface area (Å²) in [5.74, 6) is 1.96. The van der Waals surface area contributed by atoms with E-state index in [-0.39, 0.29) is 0 Å². The van der Waals surface area contributed by atoms with Gasteiger partial charge in [-0.2, -0.15) is 0 Å². The molecule has 1 aromatic heterocycles. The molecular weight excluding hydrogens is 254 g/mol. The summed E-state index contributed by atoms with van der Waals surface area (Å²) in [6.45, 7) is 6.36. The van der Waals surface area contributed by atoms with Crippen LogP contribution in [0.3, 0.4) is 0 Å². The highest BCUT2D eigenvalue weighted by molar-refractivity contribution is 5.27. The summed E-state index contributed by atoms with van der Waals surface area (Å²) in [5.41, 5.74) is 1.25. The zero-order valence-electron chi connectivity index (χ0n) is 12.1. The van der Waals surface area contributed by atoms with E-state index >= 15 is 0 Å². The molecule has 0 radical (unpaired) electrons. The van der Waals surface area contributed by atoms with Gasteiger partial charge >= 0.3 is 0 Å². The van der Waals surface area contributed by atoms with E-state index in [1.54, 1.807) is 0 Å². The van der Waals surface area contributed by atoms with Crippen molar-refractivity contribution in [3.63, 3.8) is 0 Å². The minimum atomic E-state index is 0.306. The average molecular weight is 275 g/mol. The van der Waals surface area contributed by atoms with Crippen LogP contribution in [0.25, 0.3) is 0 Å². The van der Waals surface area contributed by atoms with Gasteiger partial charge in [-0.15, -0.1) is 10.2 Å². The molecule has 0 bridgehead atoms. The number of nitrogens with zero attached hydrogens (tertiary/aromatic N) is 2. The Bertz CT molecular complexity index is 508. The lowest BCUT2D eigenvalue weighted by atomic mass is 10.2. The Morgan fingerprint density at radius 3 is 2.50 bits per heavy atom. The van der Waals surface area contributed by atoms with E-state index in [9.17, 15) is 0 Å². The van der Waals surface area contributed by atoms with Crippen LogP contribution in [0.1, 0.15) is 37.6 Å². The van der Waals surface area contributed by atoms with E-state index in [1.165, 1.54) is 5.56 Å². The molecule has 5 nitrogen and oxygen atoms in total. The van der Waals surface area contributed by atoms with Crippen molar-refractivity contribution in [2.45, 2.75) is 39.8 Å². The summed E-state index contributed by atoms with van der Waals surface area (Å²) in [4.78, 5) is 0. The predicted molar refractivity (Wildman–Crippen MR) is 76.4 cm³/mol. The summed E-state index contributed by atoms with van der Waals surface area (Å²) in [7, 11) is 0. The quantitative estimate of drug-likeness (QED) is 0.751. The normalized spacial score (nSPS) is 10.7. The number of nitrogens with one attached hydrogen (secondary N) is 1. The first kappa shape index (κ1) is 14.5. The Kier molecular flexibility index (Phi) is 5.55. The molecule has 2 aromatic rings. The van der Waals surface area contributed by atoms with E-state index < -0.39 is 0 Å². The SMILES string of the molecule is CCCNCc1ccc(OCc2nnc(CC)o2)cc1. The molecule has 0 fully saturated rings. The Hall–Kier alpha value is -1.88. The standard InChI is InChI=1S/C15H21N3O2/c1-3-9-16-10-12-5-7-13(8-6-12)19-11-15-18-17-14(4-2)20-15/h5-8,16H,3-4,9-11H2,1-2H3. The highest BCUT2D eigenvalue weighted by atomic mass is 16.5. The van der Waals surface area contributed by atoms with Crippen LogP contribution in [0.4, 0.5) is 0 Å². The molecule has 0 unspecified atom stereocenters. The summed E-state index contributed by atoms with van der Waals surface area (Å²) >= 11 is 0. The summed E-state index contributed by atoms with van der Waals surface area (Å²) in [5, 5.41) is 11.2. The molecule has 0 spiro atoms. The molecule has 20 heavy (non-hydrogen) atoms. The molecule has 108 valence electrons. The minimum Gasteiger partial charge on any atom is -0.484 e. The Morgan fingerprint density at radius 2 is 1.85 bits per heavy atom. The molecule has 0 aliphatic rings. The molecule has 1 heterocycles. The predicted octanol–water partition coefficient (Wildman–Crippen LogP) is 2.71. The zero-order chi connectivity index (χ0) is 14.2. The molecule has 1 aromatic carbocycles. The number of hydrogen-bond donors (Lipinski definition) is 1. The lowest BCUT2D eigenvalue weighted by Gasteiger charge is -2.06. The van der Waals surface area contributed by atoms with Crippen LogP contribution in [0, 0.1) is 0 Å². The van der Waals surface area contributed by atoms with Crippen LogP contribution in [-0.4, -0.2) is 16.7 Å². The first-order valence-corrected chi connectivity index (χ1v) is 7.05. The fourth-order valence-corrected chi connectivity index (χ4v) is 1.75. The van der Waals surface area contributed by atoms with Crippen molar-refractivity contribution in [1.82, 2.24) is 15.5 Å². The van der Waals surface area contributed by atoms with Gasteiger partial charge in [0.05, 0.1) is 0 Å². The summed E-state index contributed by atoms with van der Waals surface area (Å²) in [6.07, 6.45) is 1.89. The number of aryl methyl sites for hydroxylation is 1. The van der Waals surface area contributed by atoms with Crippen molar-refractivity contribution in [3.8, 4) is 5.75 Å². The first-order chi connectivity index (χ1) is 9.81. The highest BCUT2D eigenvalue weighted by Crippen LogP contribution is 2.14. The first-order valence-electron chi connectivity index (χ1n) is 7.05. The van der Waals surface area contributed by atoms with Crippen molar-refractivity contribution in [3.05, 3.63) is 41.6 Å². The van der Waals surface area contributed by atoms with Crippen LogP contribution in [0.5, 0.6) is 5.75 Å². The molecule has 0 saturated heterocycles. The van der Waals surface area contributed by atoms with Gasteiger partial charge in [-0.25, -0.2) is 0 Å². The average Bonchev–Trinajstić information content (AvgIpc) is 2.95. The Morgan fingerprint density at radius 1 is 1.10 bits per heavy atom. The molecular formula is C15H21N3O2. The van der Waals surface area contributed by atoms with Gasteiger partial charge in [0.2, 0.25) is 5.89 Å². The van der Waals surface area contributed by atoms with E-state index in [0.717, 1.165) is 31.7 Å². The maximum absolute atomic E-state index is 5.61. The smallest absolute Gasteiger partial charge is 0.253 e. The maximum Gasteiger partial charge on any atom is 0.253 e. The van der Waals surface area contributed by atoms with Crippen molar-refractivity contribution >= 4 is 0 Å². The maximum atomic E-state index is 5.61. The minimum absolute atomic E-state index is 0.306. The lowest BCUT2D eigenvalue weighted by molar-refractivity contribution is 0.259. The molecule has 0 aliphatic carbocycles. The van der Waals surface area contributed by atoms with E-state index in [2.05, 4.69) is 34.6 Å². The van der Waals surface area contributed by atoms with Crippen LogP contribution >= 0.6 is 0 Å². The second-order valence-corrected chi connectivity index (χ2v) is 4.55. The number of rotatable bonds is 8. The van der Waals surface area contributed by atoms with Crippen LogP contribution < -0.4 is 10.1 Å². The zero-order valence-corrected chi connectivity index (χ0v) is 12.1. The lowest BCUT2D eigenvalue weighted by Crippen LogP contribution is -2.13. The molecule has 0 saturated carbocycles. The van der Waals surface area contributed by atoms with Gasteiger partial charge in [0.25, 0.3) is 5.89 Å². The van der Waals surface area contributed by atoms with Gasteiger partial charge < -0.3 is 14.5 Å². The van der Waals surface area contributed by atoms with Gasteiger partial charge in [-0.3, -0.25) is 0 Å². The molecule has 0 atom stereocenters. The molecule has 0 aliphatic heterocycles. The highest BCUT2D eigenvalue weighted by Gasteiger charge is 2.04. The van der Waals surface area contributed by atoms with Gasteiger partial charge in [0.15, 0.2) is 6.61 Å². The number of hydrogen-bond acceptors (Lipinski definition) is 5. The third-order valence-corrected chi connectivity index (χ3v) is 2.85. The molecule has 2 rings (SSSR count). The van der Waals surface area contributed by atoms with Gasteiger partial charge in [-0.05, 0) is 30.7 Å². The molecule has 0 amide bonds. The summed E-state index contributed by atoms with van der Waals surface area (Å²) in [6, 6.07) is 8.03. The van der Waals surface area contributed by atoms with Crippen molar-refractivity contribution in [1.29, 1.82) is 0 Å². The van der Waals surface area contributed by atoms with E-state index in [0.29, 0.717) is 18.4 Å². The monoisotopic (exact) mass is 275 g/mol.